The number of benzene rings is 2. The highest BCUT2D eigenvalue weighted by Gasteiger charge is 2.04. The molecule has 0 saturated heterocycles. The van der Waals surface area contributed by atoms with Crippen LogP contribution in [0.15, 0.2) is 42.5 Å². The molecule has 3 rings (SSSR count). The fraction of sp³-hybridized carbons (Fsp3) is 0. The van der Waals surface area contributed by atoms with Crippen molar-refractivity contribution < 1.29 is 4.39 Å². The minimum absolute atomic E-state index is 0.290. The first-order valence-corrected chi connectivity index (χ1v) is 5.48. The van der Waals surface area contributed by atoms with Gasteiger partial charge in [0.05, 0.1) is 11.0 Å². The monoisotopic (exact) mass is 242 g/mol. The minimum Gasteiger partial charge on any atom is -0.399 e. The predicted octanol–water partition coefficient (Wildman–Crippen LogP) is 3.03. The van der Waals surface area contributed by atoms with E-state index in [1.54, 1.807) is 18.2 Å². The highest BCUT2D eigenvalue weighted by Crippen LogP contribution is 2.20. The summed E-state index contributed by atoms with van der Waals surface area (Å²) >= 11 is 0. The Morgan fingerprint density at radius 1 is 1.17 bits per heavy atom. The van der Waals surface area contributed by atoms with Crippen LogP contribution < -0.4 is 11.1 Å². The minimum atomic E-state index is -0.290. The van der Waals surface area contributed by atoms with E-state index in [-0.39, 0.29) is 5.82 Å². The number of rotatable bonds is 2. The molecule has 0 spiro atoms. The fourth-order valence-corrected chi connectivity index (χ4v) is 1.79. The van der Waals surface area contributed by atoms with Crippen molar-refractivity contribution in [1.82, 2.24) is 9.97 Å². The van der Waals surface area contributed by atoms with Crippen LogP contribution in [0.4, 0.5) is 21.7 Å². The Labute approximate surface area is 103 Å². The number of aromatic nitrogens is 2. The van der Waals surface area contributed by atoms with Crippen LogP contribution in [-0.2, 0) is 0 Å². The molecule has 1 aromatic heterocycles. The highest BCUT2D eigenvalue weighted by molar-refractivity contribution is 5.78. The molecule has 0 aliphatic carbocycles. The second-order valence-electron chi connectivity index (χ2n) is 4.00. The summed E-state index contributed by atoms with van der Waals surface area (Å²) in [7, 11) is 0. The summed E-state index contributed by atoms with van der Waals surface area (Å²) in [6.07, 6.45) is 0. The Morgan fingerprint density at radius 3 is 2.89 bits per heavy atom. The number of anilines is 3. The molecule has 0 unspecified atom stereocenters. The molecule has 0 aliphatic rings. The summed E-state index contributed by atoms with van der Waals surface area (Å²) in [5.74, 6) is 0.267. The van der Waals surface area contributed by atoms with Gasteiger partial charge in [-0.05, 0) is 36.4 Å². The maximum atomic E-state index is 13.0. The van der Waals surface area contributed by atoms with Gasteiger partial charge in [-0.3, -0.25) is 0 Å². The van der Waals surface area contributed by atoms with E-state index in [0.29, 0.717) is 22.7 Å². The standard InChI is InChI=1S/C13H11FN4/c14-8-4-5-11-12(6-8)18-13(17-11)16-10-3-1-2-9(15)7-10/h1-7H,15H2,(H2,16,17,18). The smallest absolute Gasteiger partial charge is 0.205 e. The second kappa shape index (κ2) is 4.03. The van der Waals surface area contributed by atoms with E-state index in [2.05, 4.69) is 15.3 Å². The number of nitrogens with two attached hydrogens (primary N) is 1. The van der Waals surface area contributed by atoms with Crippen molar-refractivity contribution in [2.24, 2.45) is 0 Å². The number of nitrogen functional groups attached to an aromatic ring is 1. The summed E-state index contributed by atoms with van der Waals surface area (Å²) in [5, 5.41) is 3.08. The summed E-state index contributed by atoms with van der Waals surface area (Å²) in [4.78, 5) is 7.31. The zero-order valence-electron chi connectivity index (χ0n) is 9.44. The van der Waals surface area contributed by atoms with Crippen molar-refractivity contribution in [2.45, 2.75) is 0 Å². The number of nitrogens with one attached hydrogen (secondary N) is 2. The molecule has 1 heterocycles. The van der Waals surface area contributed by atoms with E-state index in [0.717, 1.165) is 5.69 Å². The van der Waals surface area contributed by atoms with E-state index in [1.807, 2.05) is 12.1 Å². The number of H-pyrrole nitrogens is 1. The normalized spacial score (nSPS) is 10.7. The summed E-state index contributed by atoms with van der Waals surface area (Å²) in [6, 6.07) is 11.8. The Bertz CT molecular complexity index is 705. The fourth-order valence-electron chi connectivity index (χ4n) is 1.79. The average molecular weight is 242 g/mol. The van der Waals surface area contributed by atoms with Gasteiger partial charge in [0, 0.05) is 11.4 Å². The Kier molecular flexibility index (Phi) is 2.37. The predicted molar refractivity (Wildman–Crippen MR) is 70.2 cm³/mol. The quantitative estimate of drug-likeness (QED) is 0.605. The van der Waals surface area contributed by atoms with Crippen LogP contribution in [0.5, 0.6) is 0 Å². The molecule has 0 bridgehead atoms. The summed E-state index contributed by atoms with van der Waals surface area (Å²) in [6.45, 7) is 0. The second-order valence-corrected chi connectivity index (χ2v) is 4.00. The number of hydrogen-bond donors (Lipinski definition) is 3. The molecule has 0 amide bonds. The maximum absolute atomic E-state index is 13.0. The SMILES string of the molecule is Nc1cccc(Nc2nc3ccc(F)cc3[nH]2)c1. The molecule has 0 saturated carbocycles. The lowest BCUT2D eigenvalue weighted by Crippen LogP contribution is -1.93. The summed E-state index contributed by atoms with van der Waals surface area (Å²) in [5.41, 5.74) is 8.55. The van der Waals surface area contributed by atoms with Crippen molar-refractivity contribution in [3.8, 4) is 0 Å². The van der Waals surface area contributed by atoms with E-state index < -0.39 is 0 Å². The molecule has 2 aromatic carbocycles. The van der Waals surface area contributed by atoms with E-state index >= 15 is 0 Å². The van der Waals surface area contributed by atoms with Gasteiger partial charge >= 0.3 is 0 Å². The van der Waals surface area contributed by atoms with Gasteiger partial charge in [-0.15, -0.1) is 0 Å². The van der Waals surface area contributed by atoms with Gasteiger partial charge < -0.3 is 16.0 Å². The van der Waals surface area contributed by atoms with Gasteiger partial charge in [0.1, 0.15) is 5.82 Å². The summed E-state index contributed by atoms with van der Waals surface area (Å²) < 4.78 is 13.0. The van der Waals surface area contributed by atoms with Crippen LogP contribution in [-0.4, -0.2) is 9.97 Å². The van der Waals surface area contributed by atoms with Crippen LogP contribution in [0.25, 0.3) is 11.0 Å². The van der Waals surface area contributed by atoms with Gasteiger partial charge in [0.2, 0.25) is 5.95 Å². The third-order valence-corrected chi connectivity index (χ3v) is 2.59. The Hall–Kier alpha value is -2.56. The van der Waals surface area contributed by atoms with Crippen molar-refractivity contribution in [3.05, 3.63) is 48.3 Å². The first-order valence-electron chi connectivity index (χ1n) is 5.48. The number of nitrogens with zero attached hydrogens (tertiary/aromatic N) is 1. The Morgan fingerprint density at radius 2 is 2.06 bits per heavy atom. The molecule has 5 heteroatoms. The molecule has 0 radical (unpaired) electrons. The lowest BCUT2D eigenvalue weighted by atomic mass is 10.3. The molecular formula is C13H11FN4. The number of fused-ring (bicyclic) bond motifs is 1. The molecule has 0 aliphatic heterocycles. The third kappa shape index (κ3) is 1.98. The van der Waals surface area contributed by atoms with Crippen molar-refractivity contribution in [3.63, 3.8) is 0 Å². The van der Waals surface area contributed by atoms with Gasteiger partial charge in [0.25, 0.3) is 0 Å². The maximum Gasteiger partial charge on any atom is 0.205 e. The largest absolute Gasteiger partial charge is 0.399 e. The number of imidazole rings is 1. The highest BCUT2D eigenvalue weighted by atomic mass is 19.1. The van der Waals surface area contributed by atoms with Crippen LogP contribution in [0, 0.1) is 5.82 Å². The zero-order chi connectivity index (χ0) is 12.5. The Balaban J connectivity index is 1.95. The molecule has 3 aromatic rings. The zero-order valence-corrected chi connectivity index (χ0v) is 9.44. The van der Waals surface area contributed by atoms with Crippen LogP contribution in [0.1, 0.15) is 0 Å². The van der Waals surface area contributed by atoms with E-state index in [9.17, 15) is 4.39 Å². The number of hydrogen-bond acceptors (Lipinski definition) is 3. The van der Waals surface area contributed by atoms with Gasteiger partial charge in [0.15, 0.2) is 0 Å². The average Bonchev–Trinajstić information content (AvgIpc) is 2.70. The van der Waals surface area contributed by atoms with Gasteiger partial charge in [-0.25, -0.2) is 9.37 Å². The van der Waals surface area contributed by atoms with E-state index in [4.69, 9.17) is 5.73 Å². The van der Waals surface area contributed by atoms with Crippen LogP contribution in [0.3, 0.4) is 0 Å². The molecule has 4 N–H and O–H groups in total. The van der Waals surface area contributed by atoms with Crippen LogP contribution >= 0.6 is 0 Å². The van der Waals surface area contributed by atoms with Crippen LogP contribution in [0.2, 0.25) is 0 Å². The lowest BCUT2D eigenvalue weighted by Gasteiger charge is -2.02. The number of halogens is 1. The first kappa shape index (κ1) is 10.6. The topological polar surface area (TPSA) is 66.7 Å². The van der Waals surface area contributed by atoms with Crippen molar-refractivity contribution >= 4 is 28.4 Å². The van der Waals surface area contributed by atoms with Crippen molar-refractivity contribution in [2.75, 3.05) is 11.1 Å². The van der Waals surface area contributed by atoms with Crippen molar-refractivity contribution in [1.29, 1.82) is 0 Å². The number of aromatic amines is 1. The molecule has 0 atom stereocenters. The molecular weight excluding hydrogens is 231 g/mol. The third-order valence-electron chi connectivity index (χ3n) is 2.59. The lowest BCUT2D eigenvalue weighted by molar-refractivity contribution is 0.629. The van der Waals surface area contributed by atoms with E-state index in [1.165, 1.54) is 12.1 Å². The molecule has 18 heavy (non-hydrogen) atoms. The van der Waals surface area contributed by atoms with Gasteiger partial charge in [-0.2, -0.15) is 0 Å². The van der Waals surface area contributed by atoms with Gasteiger partial charge in [-0.1, -0.05) is 6.07 Å². The first-order chi connectivity index (χ1) is 8.70. The molecule has 4 nitrogen and oxygen atoms in total. The molecule has 90 valence electrons. The molecule has 0 fully saturated rings.